The van der Waals surface area contributed by atoms with Gasteiger partial charge >= 0.3 is 6.03 Å². The highest BCUT2D eigenvalue weighted by Gasteiger charge is 2.52. The van der Waals surface area contributed by atoms with E-state index in [0.717, 1.165) is 26.9 Å². The van der Waals surface area contributed by atoms with Crippen LogP contribution in [0.3, 0.4) is 0 Å². The molecule has 0 unspecified atom stereocenters. The fraction of sp³-hybridized carbons (Fsp3) is 0.241. The number of hydrogen-bond donors (Lipinski definition) is 1. The van der Waals surface area contributed by atoms with Crippen molar-refractivity contribution in [1.29, 1.82) is 0 Å². The lowest BCUT2D eigenvalue weighted by molar-refractivity contribution is -0.157. The van der Waals surface area contributed by atoms with Crippen LogP contribution < -0.4 is 5.32 Å². The van der Waals surface area contributed by atoms with Crippen LogP contribution in [0.5, 0.6) is 0 Å². The van der Waals surface area contributed by atoms with Crippen LogP contribution in [0, 0.1) is 0 Å². The van der Waals surface area contributed by atoms with Crippen molar-refractivity contribution in [2.45, 2.75) is 25.3 Å². The van der Waals surface area contributed by atoms with Gasteiger partial charge in [-0.2, -0.15) is 5.01 Å². The molecule has 1 aromatic heterocycles. The highest BCUT2D eigenvalue weighted by atomic mass is 32.1. The lowest BCUT2D eigenvalue weighted by Gasteiger charge is -2.45. The minimum Gasteiger partial charge on any atom is -0.333 e. The van der Waals surface area contributed by atoms with Gasteiger partial charge in [-0.3, -0.25) is 14.6 Å². The summed E-state index contributed by atoms with van der Waals surface area (Å²) in [6, 6.07) is 23.9. The average molecular weight is 541 g/mol. The largest absolute Gasteiger partial charge is 0.333 e. The third-order valence-electron chi connectivity index (χ3n) is 7.34. The van der Waals surface area contributed by atoms with Gasteiger partial charge in [-0.05, 0) is 22.8 Å². The third kappa shape index (κ3) is 4.73. The molecule has 2 fully saturated rings. The summed E-state index contributed by atoms with van der Waals surface area (Å²) < 4.78 is 1.06. The van der Waals surface area contributed by atoms with E-state index in [4.69, 9.17) is 0 Å². The number of piperazine rings is 1. The molecule has 198 valence electrons. The second-order valence-corrected chi connectivity index (χ2v) is 10.6. The zero-order chi connectivity index (χ0) is 26.9. The smallest absolute Gasteiger partial charge is 0.332 e. The Balaban J connectivity index is 1.29. The Morgan fingerprint density at radius 3 is 2.54 bits per heavy atom. The number of carbonyl (C=O) groups is 3. The van der Waals surface area contributed by atoms with Crippen molar-refractivity contribution in [3.8, 4) is 0 Å². The summed E-state index contributed by atoms with van der Waals surface area (Å²) in [5.74, 6) is -0.331. The maximum atomic E-state index is 14.0. The molecule has 9 nitrogen and oxygen atoms in total. The molecule has 0 aliphatic carbocycles. The molecule has 4 amide bonds. The predicted octanol–water partition coefficient (Wildman–Crippen LogP) is 3.61. The fourth-order valence-corrected chi connectivity index (χ4v) is 6.11. The van der Waals surface area contributed by atoms with Gasteiger partial charge in [0.05, 0.1) is 28.8 Å². The van der Waals surface area contributed by atoms with E-state index in [9.17, 15) is 14.4 Å². The van der Waals surface area contributed by atoms with E-state index in [1.807, 2.05) is 78.9 Å². The third-order valence-corrected chi connectivity index (χ3v) is 8.14. The van der Waals surface area contributed by atoms with Crippen molar-refractivity contribution < 1.29 is 14.4 Å². The van der Waals surface area contributed by atoms with Gasteiger partial charge < -0.3 is 15.1 Å². The second-order valence-electron chi connectivity index (χ2n) is 9.70. The number of nitrogens with one attached hydrogen (secondary N) is 1. The van der Waals surface area contributed by atoms with Crippen molar-refractivity contribution in [2.75, 3.05) is 20.1 Å². The Labute approximate surface area is 230 Å². The number of aromatic nitrogens is 1. The SMILES string of the molecule is CN(C(=O)NCc1ccccc1)N1CC(=O)N2[C@@H](c3ccccc3)C(=O)N(Cc3cccc4scnc34)C[C@@H]21. The van der Waals surface area contributed by atoms with Crippen LogP contribution in [0.15, 0.2) is 84.4 Å². The predicted molar refractivity (Wildman–Crippen MR) is 148 cm³/mol. The summed E-state index contributed by atoms with van der Waals surface area (Å²) in [5, 5.41) is 6.15. The van der Waals surface area contributed by atoms with Crippen LogP contribution in [0.2, 0.25) is 0 Å². The van der Waals surface area contributed by atoms with Crippen LogP contribution in [-0.4, -0.2) is 69.0 Å². The van der Waals surface area contributed by atoms with Crippen LogP contribution in [0.25, 0.3) is 10.2 Å². The van der Waals surface area contributed by atoms with Gasteiger partial charge in [0.2, 0.25) is 5.91 Å². The molecule has 0 bridgehead atoms. The molecule has 39 heavy (non-hydrogen) atoms. The van der Waals surface area contributed by atoms with Crippen LogP contribution >= 0.6 is 11.3 Å². The molecule has 2 aliphatic rings. The van der Waals surface area contributed by atoms with Gasteiger partial charge in [0.25, 0.3) is 5.91 Å². The number of para-hydroxylation sites is 1. The summed E-state index contributed by atoms with van der Waals surface area (Å²) in [6.45, 7) is 1.01. The Kier molecular flexibility index (Phi) is 6.72. The first-order valence-electron chi connectivity index (χ1n) is 12.8. The number of fused-ring (bicyclic) bond motifs is 2. The van der Waals surface area contributed by atoms with Crippen LogP contribution in [0.4, 0.5) is 4.79 Å². The van der Waals surface area contributed by atoms with Gasteiger partial charge in [-0.1, -0.05) is 72.8 Å². The molecule has 0 radical (unpaired) electrons. The summed E-state index contributed by atoms with van der Waals surface area (Å²) >= 11 is 1.56. The fourth-order valence-electron chi connectivity index (χ4n) is 5.38. The molecule has 2 atom stereocenters. The molecule has 1 N–H and O–H groups in total. The summed E-state index contributed by atoms with van der Waals surface area (Å²) in [6.07, 6.45) is -0.498. The Morgan fingerprint density at radius 1 is 1.03 bits per heavy atom. The van der Waals surface area contributed by atoms with E-state index in [1.54, 1.807) is 38.7 Å². The monoisotopic (exact) mass is 540 g/mol. The number of nitrogens with zero attached hydrogens (tertiary/aromatic N) is 5. The topological polar surface area (TPSA) is 89.1 Å². The number of hydrogen-bond acceptors (Lipinski definition) is 6. The molecule has 3 heterocycles. The summed E-state index contributed by atoms with van der Waals surface area (Å²) in [5.41, 5.74) is 5.36. The number of amides is 4. The van der Waals surface area contributed by atoms with Crippen molar-refractivity contribution in [3.05, 3.63) is 101 Å². The maximum absolute atomic E-state index is 14.0. The minimum atomic E-state index is -0.780. The van der Waals surface area contributed by atoms with Crippen molar-refractivity contribution in [2.24, 2.45) is 0 Å². The minimum absolute atomic E-state index is 0.00600. The highest BCUT2D eigenvalue weighted by Crippen LogP contribution is 2.36. The molecule has 4 aromatic rings. The number of urea groups is 1. The molecule has 2 saturated heterocycles. The van der Waals surface area contributed by atoms with E-state index in [1.165, 1.54) is 5.01 Å². The first-order chi connectivity index (χ1) is 19.0. The Morgan fingerprint density at radius 2 is 1.77 bits per heavy atom. The summed E-state index contributed by atoms with van der Waals surface area (Å²) in [7, 11) is 1.66. The van der Waals surface area contributed by atoms with Gasteiger partial charge in [0, 0.05) is 20.1 Å². The molecule has 10 heteroatoms. The Bertz CT molecular complexity index is 1510. The zero-order valence-electron chi connectivity index (χ0n) is 21.4. The first-order valence-corrected chi connectivity index (χ1v) is 13.7. The van der Waals surface area contributed by atoms with Crippen molar-refractivity contribution in [3.63, 3.8) is 0 Å². The lowest BCUT2D eigenvalue weighted by atomic mass is 10.00. The number of rotatable bonds is 6. The van der Waals surface area contributed by atoms with Crippen LogP contribution in [-0.2, 0) is 22.7 Å². The normalized spacial score (nSPS) is 19.4. The standard InChI is InChI=1S/C29H28N6O3S/c1-32(29(38)30-15-20-9-4-2-5-10-20)34-18-25(36)35-24(34)17-33(28(37)27(35)21-11-6-3-7-12-21)16-22-13-8-14-23-26(22)31-19-39-23/h2-14,19,24,27H,15-18H2,1H3,(H,30,38)/t24-,27+/m1/s1. The first kappa shape index (κ1) is 25.0. The zero-order valence-corrected chi connectivity index (χ0v) is 22.3. The Hall–Kier alpha value is -4.28. The summed E-state index contributed by atoms with van der Waals surface area (Å²) in [4.78, 5) is 48.5. The molecule has 0 saturated carbocycles. The van der Waals surface area contributed by atoms with E-state index in [2.05, 4.69) is 10.3 Å². The quantitative estimate of drug-likeness (QED) is 0.404. The van der Waals surface area contributed by atoms with E-state index >= 15 is 0 Å². The number of thiazole rings is 1. The van der Waals surface area contributed by atoms with Gasteiger partial charge in [0.15, 0.2) is 0 Å². The average Bonchev–Trinajstić information content (AvgIpc) is 3.58. The molecular weight excluding hydrogens is 512 g/mol. The molecular formula is C29H28N6O3S. The van der Waals surface area contributed by atoms with Crippen molar-refractivity contribution >= 4 is 39.4 Å². The van der Waals surface area contributed by atoms with Gasteiger partial charge in [-0.15, -0.1) is 11.3 Å². The molecule has 2 aliphatic heterocycles. The van der Waals surface area contributed by atoms with E-state index < -0.39 is 12.2 Å². The van der Waals surface area contributed by atoms with E-state index in [0.29, 0.717) is 13.1 Å². The van der Waals surface area contributed by atoms with Crippen LogP contribution in [0.1, 0.15) is 22.7 Å². The second kappa shape index (κ2) is 10.5. The molecule has 6 rings (SSSR count). The number of hydrazine groups is 1. The lowest BCUT2D eigenvalue weighted by Crippen LogP contribution is -2.62. The van der Waals surface area contributed by atoms with E-state index in [-0.39, 0.29) is 30.9 Å². The number of carbonyl (C=O) groups excluding carboxylic acids is 3. The van der Waals surface area contributed by atoms with Gasteiger partial charge in [0.1, 0.15) is 12.2 Å². The van der Waals surface area contributed by atoms with Crippen molar-refractivity contribution in [1.82, 2.24) is 30.1 Å². The highest BCUT2D eigenvalue weighted by molar-refractivity contribution is 7.16. The number of benzene rings is 3. The van der Waals surface area contributed by atoms with Gasteiger partial charge in [-0.25, -0.2) is 9.78 Å². The molecule has 0 spiro atoms. The maximum Gasteiger partial charge on any atom is 0.332 e. The molecule has 3 aromatic carbocycles.